The first-order chi connectivity index (χ1) is 8.81. The molecule has 4 heteroatoms. The molecule has 18 heavy (non-hydrogen) atoms. The van der Waals surface area contributed by atoms with Gasteiger partial charge < -0.3 is 9.73 Å². The smallest absolute Gasteiger partial charge is 0.146 e. The predicted octanol–water partition coefficient (Wildman–Crippen LogP) is 3.10. The lowest BCUT2D eigenvalue weighted by molar-refractivity contribution is 0.479. The Labute approximate surface area is 106 Å². The molecule has 0 spiro atoms. The van der Waals surface area contributed by atoms with Crippen molar-refractivity contribution in [3.8, 4) is 0 Å². The first kappa shape index (κ1) is 12.8. The van der Waals surface area contributed by atoms with Gasteiger partial charge in [0.2, 0.25) is 0 Å². The number of rotatable bonds is 6. The lowest BCUT2D eigenvalue weighted by Crippen LogP contribution is -2.25. The summed E-state index contributed by atoms with van der Waals surface area (Å²) in [5, 5.41) is 3.32. The molecule has 2 heterocycles. The standard InChI is InChI=1S/C14H17FN2O/c1-2-6-16-13(9-11-5-8-18-10-11)14-12(15)4-3-7-17-14/h3-5,7-8,10,13,16H,2,6,9H2,1H3. The third-order valence-electron chi connectivity index (χ3n) is 2.78. The maximum absolute atomic E-state index is 13.8. The van der Waals surface area contributed by atoms with Gasteiger partial charge in [-0.2, -0.15) is 0 Å². The zero-order valence-corrected chi connectivity index (χ0v) is 10.4. The van der Waals surface area contributed by atoms with Crippen molar-refractivity contribution in [2.75, 3.05) is 6.54 Å². The van der Waals surface area contributed by atoms with E-state index in [4.69, 9.17) is 4.42 Å². The van der Waals surface area contributed by atoms with Crippen LogP contribution in [0, 0.1) is 5.82 Å². The van der Waals surface area contributed by atoms with Gasteiger partial charge in [-0.05, 0) is 43.1 Å². The highest BCUT2D eigenvalue weighted by Gasteiger charge is 2.17. The number of pyridine rings is 1. The monoisotopic (exact) mass is 248 g/mol. The van der Waals surface area contributed by atoms with Crippen molar-refractivity contribution in [2.45, 2.75) is 25.8 Å². The molecule has 0 amide bonds. The van der Waals surface area contributed by atoms with Crippen molar-refractivity contribution >= 4 is 0 Å². The largest absolute Gasteiger partial charge is 0.472 e. The van der Waals surface area contributed by atoms with Crippen LogP contribution in [0.1, 0.15) is 30.6 Å². The quantitative estimate of drug-likeness (QED) is 0.853. The zero-order valence-electron chi connectivity index (χ0n) is 10.4. The first-order valence-corrected chi connectivity index (χ1v) is 6.16. The molecule has 1 atom stereocenters. The van der Waals surface area contributed by atoms with Crippen LogP contribution in [-0.4, -0.2) is 11.5 Å². The molecule has 0 aliphatic heterocycles. The Morgan fingerprint density at radius 2 is 2.33 bits per heavy atom. The van der Waals surface area contributed by atoms with Gasteiger partial charge in [0.1, 0.15) is 5.82 Å². The highest BCUT2D eigenvalue weighted by atomic mass is 19.1. The highest BCUT2D eigenvalue weighted by molar-refractivity contribution is 5.16. The molecule has 2 rings (SSSR count). The molecule has 2 aromatic rings. The van der Waals surface area contributed by atoms with E-state index in [1.807, 2.05) is 6.07 Å². The topological polar surface area (TPSA) is 38.1 Å². The molecule has 3 nitrogen and oxygen atoms in total. The van der Waals surface area contributed by atoms with Gasteiger partial charge in [0.25, 0.3) is 0 Å². The summed E-state index contributed by atoms with van der Waals surface area (Å²) in [6.45, 7) is 2.91. The molecule has 0 aliphatic rings. The summed E-state index contributed by atoms with van der Waals surface area (Å²) in [4.78, 5) is 4.14. The number of halogens is 1. The van der Waals surface area contributed by atoms with E-state index in [2.05, 4.69) is 17.2 Å². The van der Waals surface area contributed by atoms with Crippen molar-refractivity contribution in [3.05, 3.63) is 54.0 Å². The van der Waals surface area contributed by atoms with Crippen molar-refractivity contribution in [3.63, 3.8) is 0 Å². The van der Waals surface area contributed by atoms with Crippen molar-refractivity contribution in [1.82, 2.24) is 10.3 Å². The van der Waals surface area contributed by atoms with Gasteiger partial charge in [-0.15, -0.1) is 0 Å². The minimum absolute atomic E-state index is 0.122. The fraction of sp³-hybridized carbons (Fsp3) is 0.357. The average Bonchev–Trinajstić information content (AvgIpc) is 2.88. The third kappa shape index (κ3) is 3.17. The van der Waals surface area contributed by atoms with Crippen LogP contribution in [0.2, 0.25) is 0 Å². The maximum Gasteiger partial charge on any atom is 0.146 e. The fourth-order valence-corrected chi connectivity index (χ4v) is 1.88. The van der Waals surface area contributed by atoms with E-state index in [-0.39, 0.29) is 11.9 Å². The molecule has 96 valence electrons. The molecule has 1 unspecified atom stereocenters. The van der Waals surface area contributed by atoms with Crippen LogP contribution >= 0.6 is 0 Å². The Kier molecular flexibility index (Phi) is 4.47. The van der Waals surface area contributed by atoms with Gasteiger partial charge in [0.15, 0.2) is 0 Å². The minimum atomic E-state index is -0.269. The second-order valence-corrected chi connectivity index (χ2v) is 4.21. The first-order valence-electron chi connectivity index (χ1n) is 6.16. The zero-order chi connectivity index (χ0) is 12.8. The summed E-state index contributed by atoms with van der Waals surface area (Å²) >= 11 is 0. The Balaban J connectivity index is 2.16. The van der Waals surface area contributed by atoms with Gasteiger partial charge in [-0.3, -0.25) is 4.98 Å². The van der Waals surface area contributed by atoms with Crippen molar-refractivity contribution in [2.24, 2.45) is 0 Å². The summed E-state index contributed by atoms with van der Waals surface area (Å²) in [7, 11) is 0. The number of furan rings is 1. The number of nitrogens with zero attached hydrogens (tertiary/aromatic N) is 1. The molecule has 0 bridgehead atoms. The Morgan fingerprint density at radius 1 is 1.44 bits per heavy atom. The van der Waals surface area contributed by atoms with Crippen LogP contribution in [0.4, 0.5) is 4.39 Å². The lowest BCUT2D eigenvalue weighted by Gasteiger charge is -2.17. The van der Waals surface area contributed by atoms with Crippen LogP contribution in [0.15, 0.2) is 41.3 Å². The minimum Gasteiger partial charge on any atom is -0.472 e. The SMILES string of the molecule is CCCNC(Cc1ccoc1)c1ncccc1F. The van der Waals surface area contributed by atoms with E-state index in [9.17, 15) is 4.39 Å². The van der Waals surface area contributed by atoms with E-state index in [0.29, 0.717) is 12.1 Å². The van der Waals surface area contributed by atoms with E-state index in [0.717, 1.165) is 18.5 Å². The summed E-state index contributed by atoms with van der Waals surface area (Å²) in [5.74, 6) is -0.269. The van der Waals surface area contributed by atoms with Crippen LogP contribution in [0.3, 0.4) is 0 Å². The van der Waals surface area contributed by atoms with E-state index >= 15 is 0 Å². The molecule has 0 aliphatic carbocycles. The molecule has 0 aromatic carbocycles. The molecule has 1 N–H and O–H groups in total. The van der Waals surface area contributed by atoms with Crippen LogP contribution in [0.25, 0.3) is 0 Å². The fourth-order valence-electron chi connectivity index (χ4n) is 1.88. The van der Waals surface area contributed by atoms with E-state index in [1.165, 1.54) is 6.07 Å². The Bertz CT molecular complexity index is 470. The van der Waals surface area contributed by atoms with Gasteiger partial charge in [0.05, 0.1) is 24.3 Å². The number of nitrogens with one attached hydrogen (secondary N) is 1. The normalized spacial score (nSPS) is 12.6. The summed E-state index contributed by atoms with van der Waals surface area (Å²) in [6, 6.07) is 4.82. The number of hydrogen-bond donors (Lipinski definition) is 1. The average molecular weight is 248 g/mol. The third-order valence-corrected chi connectivity index (χ3v) is 2.78. The molecular weight excluding hydrogens is 231 g/mol. The van der Waals surface area contributed by atoms with Gasteiger partial charge >= 0.3 is 0 Å². The van der Waals surface area contributed by atoms with Crippen LogP contribution in [-0.2, 0) is 6.42 Å². The van der Waals surface area contributed by atoms with Gasteiger partial charge in [-0.25, -0.2) is 4.39 Å². The Hall–Kier alpha value is -1.68. The van der Waals surface area contributed by atoms with Crippen molar-refractivity contribution < 1.29 is 8.81 Å². The summed E-state index contributed by atoms with van der Waals surface area (Å²) in [5.41, 5.74) is 1.50. The molecule has 2 aromatic heterocycles. The lowest BCUT2D eigenvalue weighted by atomic mass is 10.0. The van der Waals surface area contributed by atoms with Gasteiger partial charge in [0, 0.05) is 6.20 Å². The molecule has 0 fully saturated rings. The molecule has 0 radical (unpaired) electrons. The second kappa shape index (κ2) is 6.31. The Morgan fingerprint density at radius 3 is 3.00 bits per heavy atom. The predicted molar refractivity (Wildman–Crippen MR) is 67.6 cm³/mol. The van der Waals surface area contributed by atoms with Crippen LogP contribution < -0.4 is 5.32 Å². The van der Waals surface area contributed by atoms with E-state index in [1.54, 1.807) is 24.8 Å². The number of aromatic nitrogens is 1. The molecule has 0 saturated heterocycles. The van der Waals surface area contributed by atoms with Crippen molar-refractivity contribution in [1.29, 1.82) is 0 Å². The summed E-state index contributed by atoms with van der Waals surface area (Å²) < 4.78 is 18.8. The second-order valence-electron chi connectivity index (χ2n) is 4.21. The summed E-state index contributed by atoms with van der Waals surface area (Å²) in [6.07, 6.45) is 6.59. The molecule has 0 saturated carbocycles. The maximum atomic E-state index is 13.8. The van der Waals surface area contributed by atoms with Gasteiger partial charge in [-0.1, -0.05) is 6.92 Å². The highest BCUT2D eigenvalue weighted by Crippen LogP contribution is 2.19. The molecular formula is C14H17FN2O. The number of hydrogen-bond acceptors (Lipinski definition) is 3. The van der Waals surface area contributed by atoms with E-state index < -0.39 is 0 Å². The van der Waals surface area contributed by atoms with Crippen LogP contribution in [0.5, 0.6) is 0 Å².